The van der Waals surface area contributed by atoms with Crippen molar-refractivity contribution in [2.75, 3.05) is 0 Å². The topological polar surface area (TPSA) is 40.5 Å². The largest absolute Gasteiger partial charge is 0.490 e. The Labute approximate surface area is 87.7 Å². The average Bonchev–Trinajstić information content (AvgIpc) is 2.17. The highest BCUT2D eigenvalue weighted by molar-refractivity contribution is 7.80. The molecule has 0 amide bonds. The Morgan fingerprint density at radius 1 is 1.00 bits per heavy atom. The van der Waals surface area contributed by atoms with Gasteiger partial charge in [0.25, 0.3) is 0 Å². The Balaban J connectivity index is 2.83. The molecule has 14 heavy (non-hydrogen) atoms. The van der Waals surface area contributed by atoms with Gasteiger partial charge < -0.3 is 10.0 Å². The van der Waals surface area contributed by atoms with E-state index in [0.717, 1.165) is 10.8 Å². The van der Waals surface area contributed by atoms with Crippen LogP contribution in [0.4, 0.5) is 0 Å². The third kappa shape index (κ3) is 1.52. The Morgan fingerprint density at radius 3 is 2.43 bits per heavy atom. The highest BCUT2D eigenvalue weighted by Crippen LogP contribution is 2.15. The quantitative estimate of drug-likeness (QED) is 0.475. The predicted octanol–water partition coefficient (Wildman–Crippen LogP) is 0.808. The summed E-state index contributed by atoms with van der Waals surface area (Å²) in [6.45, 7) is 0. The van der Waals surface area contributed by atoms with E-state index in [1.54, 1.807) is 6.07 Å². The van der Waals surface area contributed by atoms with Gasteiger partial charge in [0, 0.05) is 10.4 Å². The molecule has 0 bridgehead atoms. The van der Waals surface area contributed by atoms with E-state index < -0.39 is 7.12 Å². The van der Waals surface area contributed by atoms with Gasteiger partial charge in [-0.1, -0.05) is 30.3 Å². The molecule has 0 heterocycles. The fraction of sp³-hybridized carbons (Fsp3) is 0. The first kappa shape index (κ1) is 9.58. The number of hydrogen-bond acceptors (Lipinski definition) is 3. The first-order valence-corrected chi connectivity index (χ1v) is 4.71. The highest BCUT2D eigenvalue weighted by Gasteiger charge is 2.17. The zero-order valence-electron chi connectivity index (χ0n) is 7.38. The van der Waals surface area contributed by atoms with Gasteiger partial charge >= 0.3 is 7.12 Å². The molecule has 2 nitrogen and oxygen atoms in total. The molecule has 0 saturated heterocycles. The summed E-state index contributed by atoms with van der Waals surface area (Å²) < 4.78 is 0. The minimum absolute atomic E-state index is 0.464. The molecule has 0 saturated carbocycles. The molecule has 70 valence electrons. The third-order valence-corrected chi connectivity index (χ3v) is 2.60. The van der Waals surface area contributed by atoms with Crippen LogP contribution in [0, 0.1) is 0 Å². The molecule has 4 heteroatoms. The van der Waals surface area contributed by atoms with Crippen LogP contribution in [0.5, 0.6) is 0 Å². The summed E-state index contributed by atoms with van der Waals surface area (Å²) in [4.78, 5) is 0.596. The smallest absolute Gasteiger partial charge is 0.423 e. The zero-order valence-corrected chi connectivity index (χ0v) is 8.28. The van der Waals surface area contributed by atoms with E-state index >= 15 is 0 Å². The maximum atomic E-state index is 9.21. The Hall–Kier alpha value is -0.965. The Morgan fingerprint density at radius 2 is 1.71 bits per heavy atom. The van der Waals surface area contributed by atoms with E-state index in [4.69, 9.17) is 0 Å². The van der Waals surface area contributed by atoms with Crippen LogP contribution in [0.15, 0.2) is 41.3 Å². The summed E-state index contributed by atoms with van der Waals surface area (Å²) in [7, 11) is -1.48. The number of benzene rings is 2. The van der Waals surface area contributed by atoms with E-state index in [-0.39, 0.29) is 0 Å². The van der Waals surface area contributed by atoms with Crippen molar-refractivity contribution in [3.8, 4) is 0 Å². The molecular formula is C10H9BO2S. The first-order valence-electron chi connectivity index (χ1n) is 4.27. The van der Waals surface area contributed by atoms with E-state index in [1.807, 2.05) is 30.3 Å². The second-order valence-electron chi connectivity index (χ2n) is 3.09. The van der Waals surface area contributed by atoms with E-state index in [2.05, 4.69) is 12.6 Å². The van der Waals surface area contributed by atoms with Crippen molar-refractivity contribution in [3.63, 3.8) is 0 Å². The molecule has 2 aromatic rings. The second kappa shape index (κ2) is 3.65. The molecule has 0 spiro atoms. The maximum absolute atomic E-state index is 9.21. The fourth-order valence-electron chi connectivity index (χ4n) is 1.56. The van der Waals surface area contributed by atoms with Crippen LogP contribution < -0.4 is 5.46 Å². The van der Waals surface area contributed by atoms with Gasteiger partial charge in [0.1, 0.15) is 0 Å². The average molecular weight is 204 g/mol. The molecule has 0 aromatic heterocycles. The number of thiol groups is 1. The molecule has 0 aliphatic rings. The van der Waals surface area contributed by atoms with Crippen molar-refractivity contribution < 1.29 is 10.0 Å². The number of fused-ring (bicyclic) bond motifs is 1. The van der Waals surface area contributed by atoms with Crippen molar-refractivity contribution in [2.24, 2.45) is 0 Å². The predicted molar refractivity (Wildman–Crippen MR) is 61.0 cm³/mol. The van der Waals surface area contributed by atoms with E-state index in [0.29, 0.717) is 10.4 Å². The number of rotatable bonds is 1. The minimum atomic E-state index is -1.48. The molecule has 0 fully saturated rings. The van der Waals surface area contributed by atoms with Gasteiger partial charge in [-0.25, -0.2) is 0 Å². The molecule has 2 N–H and O–H groups in total. The lowest BCUT2D eigenvalue weighted by Gasteiger charge is -2.07. The van der Waals surface area contributed by atoms with E-state index in [1.165, 1.54) is 0 Å². The summed E-state index contributed by atoms with van der Waals surface area (Å²) in [5, 5.41) is 20.2. The van der Waals surface area contributed by atoms with Crippen LogP contribution >= 0.6 is 12.6 Å². The molecular weight excluding hydrogens is 195 g/mol. The molecule has 0 aliphatic heterocycles. The van der Waals surface area contributed by atoms with Crippen LogP contribution in [-0.2, 0) is 0 Å². The van der Waals surface area contributed by atoms with E-state index in [9.17, 15) is 10.0 Å². The molecule has 2 rings (SSSR count). The van der Waals surface area contributed by atoms with Gasteiger partial charge in [0.05, 0.1) is 0 Å². The summed E-state index contributed by atoms with van der Waals surface area (Å²) in [6, 6.07) is 11.2. The Kier molecular flexibility index (Phi) is 2.50. The lowest BCUT2D eigenvalue weighted by molar-refractivity contribution is 0.425. The number of hydrogen-bond donors (Lipinski definition) is 3. The Bertz CT molecular complexity index is 471. The maximum Gasteiger partial charge on any atom is 0.490 e. The van der Waals surface area contributed by atoms with Crippen LogP contribution in [-0.4, -0.2) is 17.2 Å². The van der Waals surface area contributed by atoms with Crippen molar-refractivity contribution in [1.29, 1.82) is 0 Å². The van der Waals surface area contributed by atoms with Gasteiger partial charge in [-0.15, -0.1) is 12.6 Å². The van der Waals surface area contributed by atoms with Crippen LogP contribution in [0.1, 0.15) is 0 Å². The van der Waals surface area contributed by atoms with Gasteiger partial charge in [-0.05, 0) is 16.8 Å². The van der Waals surface area contributed by atoms with Gasteiger partial charge in [0.15, 0.2) is 0 Å². The van der Waals surface area contributed by atoms with Gasteiger partial charge in [-0.3, -0.25) is 0 Å². The zero-order chi connectivity index (χ0) is 10.1. The third-order valence-electron chi connectivity index (χ3n) is 2.21. The van der Waals surface area contributed by atoms with Crippen LogP contribution in [0.2, 0.25) is 0 Å². The van der Waals surface area contributed by atoms with Gasteiger partial charge in [0.2, 0.25) is 0 Å². The molecule has 0 atom stereocenters. The molecule has 0 unspecified atom stereocenters. The monoisotopic (exact) mass is 204 g/mol. The molecule has 2 aromatic carbocycles. The van der Waals surface area contributed by atoms with Crippen molar-refractivity contribution in [3.05, 3.63) is 36.4 Å². The minimum Gasteiger partial charge on any atom is -0.423 e. The van der Waals surface area contributed by atoms with Crippen molar-refractivity contribution >= 4 is 36.0 Å². The van der Waals surface area contributed by atoms with Gasteiger partial charge in [-0.2, -0.15) is 0 Å². The summed E-state index contributed by atoms with van der Waals surface area (Å²) in [5.74, 6) is 0. The van der Waals surface area contributed by atoms with Crippen LogP contribution in [0.3, 0.4) is 0 Å². The fourth-order valence-corrected chi connectivity index (χ4v) is 1.87. The summed E-state index contributed by atoms with van der Waals surface area (Å²) >= 11 is 4.19. The normalized spacial score (nSPS) is 10.5. The highest BCUT2D eigenvalue weighted by atomic mass is 32.1. The molecule has 0 radical (unpaired) electrons. The van der Waals surface area contributed by atoms with Crippen molar-refractivity contribution in [2.45, 2.75) is 4.90 Å². The van der Waals surface area contributed by atoms with Crippen molar-refractivity contribution in [1.82, 2.24) is 0 Å². The lowest BCUT2D eigenvalue weighted by Crippen LogP contribution is -2.31. The van der Waals surface area contributed by atoms with Crippen LogP contribution in [0.25, 0.3) is 10.8 Å². The molecule has 0 aliphatic carbocycles. The second-order valence-corrected chi connectivity index (χ2v) is 3.57. The SMILES string of the molecule is OB(O)c1c(S)ccc2ccccc12. The standard InChI is InChI=1S/C10H9BO2S/c12-11(13)10-8-4-2-1-3-7(8)5-6-9(10)14/h1-6,12-14H. The summed E-state index contributed by atoms with van der Waals surface area (Å²) in [5.41, 5.74) is 0.464. The lowest BCUT2D eigenvalue weighted by atomic mass is 9.77. The first-order chi connectivity index (χ1) is 6.70. The summed E-state index contributed by atoms with van der Waals surface area (Å²) in [6.07, 6.45) is 0.